The summed E-state index contributed by atoms with van der Waals surface area (Å²) in [5.41, 5.74) is 5.02. The van der Waals surface area contributed by atoms with Crippen LogP contribution in [0.15, 0.2) is 60.0 Å². The SMILES string of the molecule is C=CC(=O)N1CC(C)N(c2nc(=O)n(-c3c(N(CC)CC)ccnc3C(C)C)c3nc(-c4ccccc4C(C)C)c(Cl)cc23)CC1C. The van der Waals surface area contributed by atoms with Gasteiger partial charge in [0.15, 0.2) is 5.65 Å². The predicted molar refractivity (Wildman–Crippen MR) is 193 cm³/mol. The summed E-state index contributed by atoms with van der Waals surface area (Å²) < 4.78 is 1.64. The molecule has 0 radical (unpaired) electrons. The second kappa shape index (κ2) is 13.9. The van der Waals surface area contributed by atoms with Gasteiger partial charge in [0, 0.05) is 50.0 Å². The Labute approximate surface area is 282 Å². The fourth-order valence-electron chi connectivity index (χ4n) is 6.71. The molecule has 1 amide bonds. The molecule has 5 rings (SSSR count). The number of benzene rings is 1. The minimum absolute atomic E-state index is 0.0203. The van der Waals surface area contributed by atoms with Gasteiger partial charge in [-0.2, -0.15) is 4.98 Å². The largest absolute Gasteiger partial charge is 0.370 e. The highest BCUT2D eigenvalue weighted by Crippen LogP contribution is 2.39. The Hall–Kier alpha value is -4.24. The summed E-state index contributed by atoms with van der Waals surface area (Å²) in [6.07, 6.45) is 3.16. The van der Waals surface area contributed by atoms with Crippen LogP contribution in [0.4, 0.5) is 11.5 Å². The Kier molecular flexibility index (Phi) is 10.1. The summed E-state index contributed by atoms with van der Waals surface area (Å²) in [5, 5.41) is 1.13. The Morgan fingerprint density at radius 3 is 2.38 bits per heavy atom. The maximum absolute atomic E-state index is 14.6. The van der Waals surface area contributed by atoms with E-state index in [0.29, 0.717) is 46.3 Å². The third-order valence-electron chi connectivity index (χ3n) is 9.16. The maximum Gasteiger partial charge on any atom is 0.355 e. The van der Waals surface area contributed by atoms with E-state index in [0.717, 1.165) is 35.6 Å². The third kappa shape index (κ3) is 6.25. The Morgan fingerprint density at radius 2 is 1.74 bits per heavy atom. The van der Waals surface area contributed by atoms with Crippen molar-refractivity contribution >= 4 is 40.0 Å². The molecule has 0 saturated carbocycles. The van der Waals surface area contributed by atoms with Gasteiger partial charge in [0.05, 0.1) is 33.2 Å². The number of aromatic nitrogens is 4. The number of carbonyl (C=O) groups is 1. The van der Waals surface area contributed by atoms with Crippen LogP contribution < -0.4 is 15.5 Å². The van der Waals surface area contributed by atoms with E-state index in [9.17, 15) is 9.59 Å². The number of carbonyl (C=O) groups excluding carboxylic acids is 1. The lowest BCUT2D eigenvalue weighted by atomic mass is 9.95. The van der Waals surface area contributed by atoms with Crippen molar-refractivity contribution in [2.24, 2.45) is 0 Å². The highest BCUT2D eigenvalue weighted by molar-refractivity contribution is 6.34. The van der Waals surface area contributed by atoms with Crippen molar-refractivity contribution in [2.45, 2.75) is 79.3 Å². The predicted octanol–water partition coefficient (Wildman–Crippen LogP) is 7.20. The van der Waals surface area contributed by atoms with E-state index < -0.39 is 5.69 Å². The molecule has 1 aromatic carbocycles. The van der Waals surface area contributed by atoms with Crippen LogP contribution in [0.25, 0.3) is 28.0 Å². The molecule has 10 heteroatoms. The second-order valence-corrected chi connectivity index (χ2v) is 13.3. The van der Waals surface area contributed by atoms with Gasteiger partial charge in [-0.15, -0.1) is 0 Å². The first kappa shape index (κ1) is 34.1. The van der Waals surface area contributed by atoms with Crippen LogP contribution in [0.1, 0.15) is 78.5 Å². The molecule has 1 aliphatic heterocycles. The number of piperazine rings is 1. The van der Waals surface area contributed by atoms with Gasteiger partial charge in [0.2, 0.25) is 5.91 Å². The van der Waals surface area contributed by atoms with Crippen molar-refractivity contribution in [3.8, 4) is 16.9 Å². The highest BCUT2D eigenvalue weighted by Gasteiger charge is 2.34. The maximum atomic E-state index is 14.6. The minimum atomic E-state index is -0.446. The number of anilines is 2. The molecule has 1 aliphatic rings. The average molecular weight is 656 g/mol. The molecule has 4 aromatic rings. The van der Waals surface area contributed by atoms with E-state index in [1.807, 2.05) is 55.3 Å². The van der Waals surface area contributed by atoms with E-state index in [4.69, 9.17) is 26.6 Å². The van der Waals surface area contributed by atoms with Crippen molar-refractivity contribution in [1.82, 2.24) is 24.4 Å². The molecule has 3 aromatic heterocycles. The number of fused-ring (bicyclic) bond motifs is 1. The summed E-state index contributed by atoms with van der Waals surface area (Å²) in [6, 6.07) is 11.7. The minimum Gasteiger partial charge on any atom is -0.370 e. The zero-order valence-electron chi connectivity index (χ0n) is 28.8. The highest BCUT2D eigenvalue weighted by atomic mass is 35.5. The van der Waals surface area contributed by atoms with E-state index >= 15 is 0 Å². The molecular formula is C37H46ClN7O2. The first-order valence-corrected chi connectivity index (χ1v) is 17.0. The normalized spacial score (nSPS) is 16.7. The molecular weight excluding hydrogens is 610 g/mol. The number of halogens is 1. The van der Waals surface area contributed by atoms with E-state index in [1.54, 1.807) is 4.57 Å². The van der Waals surface area contributed by atoms with Gasteiger partial charge >= 0.3 is 5.69 Å². The summed E-state index contributed by atoms with van der Waals surface area (Å²) in [4.78, 5) is 48.2. The van der Waals surface area contributed by atoms with E-state index in [-0.39, 0.29) is 29.8 Å². The number of pyridine rings is 2. The summed E-state index contributed by atoms with van der Waals surface area (Å²) in [7, 11) is 0. The number of nitrogens with zero attached hydrogens (tertiary/aromatic N) is 7. The van der Waals surface area contributed by atoms with Crippen molar-refractivity contribution in [3.63, 3.8) is 0 Å². The van der Waals surface area contributed by atoms with Gasteiger partial charge in [-0.25, -0.2) is 14.3 Å². The van der Waals surface area contributed by atoms with Crippen molar-refractivity contribution in [1.29, 1.82) is 0 Å². The Morgan fingerprint density at radius 1 is 1.04 bits per heavy atom. The molecule has 2 atom stereocenters. The van der Waals surface area contributed by atoms with Crippen molar-refractivity contribution < 1.29 is 4.79 Å². The van der Waals surface area contributed by atoms with Crippen LogP contribution in [-0.2, 0) is 4.79 Å². The lowest BCUT2D eigenvalue weighted by Crippen LogP contribution is -2.58. The lowest BCUT2D eigenvalue weighted by Gasteiger charge is -2.44. The molecule has 4 heterocycles. The number of amides is 1. The fourth-order valence-corrected chi connectivity index (χ4v) is 6.96. The lowest BCUT2D eigenvalue weighted by molar-refractivity contribution is -0.128. The summed E-state index contributed by atoms with van der Waals surface area (Å²) in [5.74, 6) is 0.639. The Bertz CT molecular complexity index is 1860. The van der Waals surface area contributed by atoms with Gasteiger partial charge in [0.1, 0.15) is 5.82 Å². The van der Waals surface area contributed by atoms with E-state index in [1.165, 1.54) is 6.08 Å². The van der Waals surface area contributed by atoms with E-state index in [2.05, 4.69) is 64.0 Å². The molecule has 248 valence electrons. The fraction of sp³-hybridized carbons (Fsp3) is 0.432. The molecule has 0 bridgehead atoms. The molecule has 47 heavy (non-hydrogen) atoms. The van der Waals surface area contributed by atoms with Crippen LogP contribution in [0.3, 0.4) is 0 Å². The van der Waals surface area contributed by atoms with Gasteiger partial charge in [-0.3, -0.25) is 9.78 Å². The van der Waals surface area contributed by atoms with Gasteiger partial charge in [0.25, 0.3) is 0 Å². The summed E-state index contributed by atoms with van der Waals surface area (Å²) in [6.45, 7) is 22.8. The smallest absolute Gasteiger partial charge is 0.355 e. The van der Waals surface area contributed by atoms with Crippen LogP contribution in [-0.4, -0.2) is 68.6 Å². The van der Waals surface area contributed by atoms with Crippen LogP contribution >= 0.6 is 11.6 Å². The van der Waals surface area contributed by atoms with Crippen LogP contribution in [0, 0.1) is 0 Å². The first-order chi connectivity index (χ1) is 22.4. The first-order valence-electron chi connectivity index (χ1n) is 16.6. The summed E-state index contributed by atoms with van der Waals surface area (Å²) >= 11 is 7.14. The van der Waals surface area contributed by atoms with Gasteiger partial charge in [-0.1, -0.05) is 70.1 Å². The van der Waals surface area contributed by atoms with Crippen LogP contribution in [0.2, 0.25) is 5.02 Å². The number of rotatable bonds is 9. The second-order valence-electron chi connectivity index (χ2n) is 12.9. The standard InChI is InChI=1S/C37H46ClN7O2/c1-10-31(46)43-20-25(9)44(21-24(43)8)35-28-19-29(38)33(27-16-14-13-15-26(27)22(4)5)40-36(28)45(37(47)41-35)34-30(42(11-2)12-3)17-18-39-32(34)23(6)7/h10,13-19,22-25H,1,11-12,20-21H2,2-9H3. The number of hydrogen-bond acceptors (Lipinski definition) is 7. The molecule has 0 aliphatic carbocycles. The molecule has 9 nitrogen and oxygen atoms in total. The van der Waals surface area contributed by atoms with Gasteiger partial charge in [-0.05, 0) is 63.3 Å². The van der Waals surface area contributed by atoms with Crippen molar-refractivity contribution in [2.75, 3.05) is 36.0 Å². The van der Waals surface area contributed by atoms with Gasteiger partial charge < -0.3 is 14.7 Å². The number of hydrogen-bond donors (Lipinski definition) is 0. The molecule has 1 fully saturated rings. The van der Waals surface area contributed by atoms with Crippen LogP contribution in [0.5, 0.6) is 0 Å². The molecule has 2 unspecified atom stereocenters. The quantitative estimate of drug-likeness (QED) is 0.176. The molecule has 0 N–H and O–H groups in total. The monoisotopic (exact) mass is 655 g/mol. The zero-order valence-corrected chi connectivity index (χ0v) is 29.5. The van der Waals surface area contributed by atoms with Crippen molar-refractivity contribution in [3.05, 3.63) is 82.0 Å². The Balaban J connectivity index is 1.89. The third-order valence-corrected chi connectivity index (χ3v) is 9.45. The zero-order chi connectivity index (χ0) is 34.2. The topological polar surface area (TPSA) is 87.5 Å². The average Bonchev–Trinajstić information content (AvgIpc) is 3.05. The molecule has 1 saturated heterocycles. The molecule has 0 spiro atoms.